The van der Waals surface area contributed by atoms with Crippen molar-refractivity contribution in [1.29, 1.82) is 0 Å². The van der Waals surface area contributed by atoms with E-state index in [-0.39, 0.29) is 39.1 Å². The van der Waals surface area contributed by atoms with Crippen molar-refractivity contribution in [2.45, 2.75) is 50.3 Å². The normalized spacial score (nSPS) is 21.6. The summed E-state index contributed by atoms with van der Waals surface area (Å²) in [5, 5.41) is 19.2. The Kier molecular flexibility index (Phi) is 11.3. The molecule has 0 saturated carbocycles. The maximum Gasteiger partial charge on any atom is 0.410 e. The summed E-state index contributed by atoms with van der Waals surface area (Å²) in [5.74, 6) is -1.09. The number of rotatable bonds is 6. The zero-order chi connectivity index (χ0) is 29.1. The Balaban J connectivity index is 0.000000220. The zero-order valence-electron chi connectivity index (χ0n) is 22.4. The summed E-state index contributed by atoms with van der Waals surface area (Å²) in [5.41, 5.74) is 1.71. The van der Waals surface area contributed by atoms with Crippen molar-refractivity contribution >= 4 is 24.1 Å². The van der Waals surface area contributed by atoms with Crippen LogP contribution in [0.15, 0.2) is 60.7 Å². The van der Waals surface area contributed by atoms with E-state index in [1.165, 1.54) is 24.0 Å². The van der Waals surface area contributed by atoms with Crippen molar-refractivity contribution in [3.63, 3.8) is 0 Å². The Hall–Kier alpha value is -4.16. The van der Waals surface area contributed by atoms with Crippen LogP contribution in [-0.4, -0.2) is 95.7 Å². The van der Waals surface area contributed by atoms with Crippen LogP contribution in [0.2, 0.25) is 0 Å². The van der Waals surface area contributed by atoms with Crippen LogP contribution in [0.25, 0.3) is 0 Å². The summed E-state index contributed by atoms with van der Waals surface area (Å²) in [6.45, 7) is 0.404. The van der Waals surface area contributed by atoms with Crippen LogP contribution >= 0.6 is 0 Å². The largest absolute Gasteiger partial charge is 0.467 e. The summed E-state index contributed by atoms with van der Waals surface area (Å²) in [6.07, 6.45) is -2.37. The molecular formula is C28H34N2O10. The first-order valence-electron chi connectivity index (χ1n) is 12.7. The molecule has 4 rings (SSSR count). The molecule has 2 N–H and O–H groups in total. The van der Waals surface area contributed by atoms with Crippen LogP contribution in [0.1, 0.15) is 24.0 Å². The van der Waals surface area contributed by atoms with Crippen LogP contribution in [0, 0.1) is 0 Å². The van der Waals surface area contributed by atoms with Crippen LogP contribution in [-0.2, 0) is 41.8 Å². The monoisotopic (exact) mass is 558 g/mol. The average Bonchev–Trinajstić information content (AvgIpc) is 3.58. The molecular weight excluding hydrogens is 524 g/mol. The van der Waals surface area contributed by atoms with Gasteiger partial charge < -0.3 is 29.2 Å². The van der Waals surface area contributed by atoms with Crippen molar-refractivity contribution in [1.82, 2.24) is 9.80 Å². The fourth-order valence-corrected chi connectivity index (χ4v) is 4.35. The molecule has 4 unspecified atom stereocenters. The van der Waals surface area contributed by atoms with Gasteiger partial charge in [0, 0.05) is 12.8 Å². The van der Waals surface area contributed by atoms with E-state index in [4.69, 9.17) is 9.47 Å². The maximum atomic E-state index is 12.0. The molecule has 216 valence electrons. The molecule has 0 aromatic heterocycles. The first kappa shape index (κ1) is 30.4. The van der Waals surface area contributed by atoms with Gasteiger partial charge in [0.15, 0.2) is 0 Å². The maximum absolute atomic E-state index is 12.0. The van der Waals surface area contributed by atoms with Gasteiger partial charge in [-0.25, -0.2) is 19.2 Å². The third-order valence-corrected chi connectivity index (χ3v) is 6.38. The molecule has 2 fully saturated rings. The zero-order valence-corrected chi connectivity index (χ0v) is 22.4. The number of benzene rings is 2. The summed E-state index contributed by atoms with van der Waals surface area (Å²) < 4.78 is 19.6. The second-order valence-electron chi connectivity index (χ2n) is 9.24. The molecule has 0 bridgehead atoms. The second kappa shape index (κ2) is 14.8. The van der Waals surface area contributed by atoms with Crippen LogP contribution in [0.4, 0.5) is 9.59 Å². The van der Waals surface area contributed by atoms with Crippen molar-refractivity contribution in [2.75, 3.05) is 27.3 Å². The Bertz CT molecular complexity index is 1040. The van der Waals surface area contributed by atoms with E-state index < -0.39 is 48.4 Å². The molecule has 2 saturated heterocycles. The van der Waals surface area contributed by atoms with E-state index in [1.807, 2.05) is 60.7 Å². The fourth-order valence-electron chi connectivity index (χ4n) is 4.35. The van der Waals surface area contributed by atoms with E-state index >= 15 is 0 Å². The number of likely N-dealkylation sites (tertiary alicyclic amines) is 2. The SMILES string of the molecule is COC(=O)C1CC(O)CN1C(=O)OCc1ccccc1.COC(=O)C1CC(O)CN1C(=O)OCc1ccccc1. The van der Waals surface area contributed by atoms with Crippen molar-refractivity contribution in [3.05, 3.63) is 71.8 Å². The average molecular weight is 559 g/mol. The number of aliphatic hydroxyl groups is 2. The molecule has 2 amide bonds. The molecule has 12 heteroatoms. The highest BCUT2D eigenvalue weighted by molar-refractivity contribution is 5.82. The van der Waals surface area contributed by atoms with Crippen molar-refractivity contribution < 1.29 is 48.3 Å². The number of nitrogens with zero attached hydrogens (tertiary/aromatic N) is 2. The highest BCUT2D eigenvalue weighted by Gasteiger charge is 2.41. The van der Waals surface area contributed by atoms with Crippen LogP contribution in [0.3, 0.4) is 0 Å². The van der Waals surface area contributed by atoms with Crippen molar-refractivity contribution in [3.8, 4) is 0 Å². The van der Waals surface area contributed by atoms with E-state index in [0.29, 0.717) is 0 Å². The number of amides is 2. The van der Waals surface area contributed by atoms with Gasteiger partial charge in [0.1, 0.15) is 25.3 Å². The number of hydrogen-bond acceptors (Lipinski definition) is 10. The van der Waals surface area contributed by atoms with Gasteiger partial charge in [-0.3, -0.25) is 9.80 Å². The molecule has 2 aromatic rings. The second-order valence-corrected chi connectivity index (χ2v) is 9.24. The quantitative estimate of drug-likeness (QED) is 0.397. The Labute approximate surface area is 232 Å². The van der Waals surface area contributed by atoms with Crippen molar-refractivity contribution in [2.24, 2.45) is 0 Å². The number of β-amino-alcohol motifs (C(OH)–C–C–N with tert-alkyl or cyclic N) is 2. The molecule has 2 heterocycles. The van der Waals surface area contributed by atoms with Gasteiger partial charge in [-0.05, 0) is 11.1 Å². The van der Waals surface area contributed by atoms with Crippen LogP contribution < -0.4 is 0 Å². The minimum atomic E-state index is -0.779. The standard InChI is InChI=1S/2C14H17NO5/c2*1-19-13(17)12-7-11(16)8-15(12)14(18)20-9-10-5-3-2-4-6-10/h2*2-6,11-12,16H,7-9H2,1H3. The molecule has 0 aliphatic carbocycles. The molecule has 2 aromatic carbocycles. The van der Waals surface area contributed by atoms with E-state index in [2.05, 4.69) is 9.47 Å². The van der Waals surface area contributed by atoms with Gasteiger partial charge in [-0.2, -0.15) is 0 Å². The third-order valence-electron chi connectivity index (χ3n) is 6.38. The topological polar surface area (TPSA) is 152 Å². The number of aliphatic hydroxyl groups excluding tert-OH is 2. The molecule has 0 spiro atoms. The minimum absolute atomic E-state index is 0.0768. The molecule has 2 aliphatic rings. The predicted molar refractivity (Wildman–Crippen MR) is 140 cm³/mol. The van der Waals surface area contributed by atoms with Gasteiger partial charge in [0.2, 0.25) is 0 Å². The lowest BCUT2D eigenvalue weighted by Gasteiger charge is -2.21. The number of ether oxygens (including phenoxy) is 4. The number of carbonyl (C=O) groups excluding carboxylic acids is 4. The number of hydrogen-bond donors (Lipinski definition) is 2. The Morgan fingerprint density at radius 1 is 0.675 bits per heavy atom. The smallest absolute Gasteiger partial charge is 0.410 e. The highest BCUT2D eigenvalue weighted by atomic mass is 16.6. The third kappa shape index (κ3) is 8.42. The van der Waals surface area contributed by atoms with E-state index in [1.54, 1.807) is 0 Å². The van der Waals surface area contributed by atoms with Gasteiger partial charge in [-0.15, -0.1) is 0 Å². The van der Waals surface area contributed by atoms with E-state index in [9.17, 15) is 29.4 Å². The lowest BCUT2D eigenvalue weighted by atomic mass is 10.2. The predicted octanol–water partition coefficient (Wildman–Crippen LogP) is 1.86. The van der Waals surface area contributed by atoms with E-state index in [0.717, 1.165) is 11.1 Å². The molecule has 4 atom stereocenters. The number of esters is 2. The fraction of sp³-hybridized carbons (Fsp3) is 0.429. The van der Waals surface area contributed by atoms with Crippen LogP contribution in [0.5, 0.6) is 0 Å². The minimum Gasteiger partial charge on any atom is -0.467 e. The summed E-state index contributed by atoms with van der Waals surface area (Å²) in [4.78, 5) is 49.5. The van der Waals surface area contributed by atoms with Gasteiger partial charge in [-0.1, -0.05) is 60.7 Å². The summed E-state index contributed by atoms with van der Waals surface area (Å²) >= 11 is 0. The summed E-state index contributed by atoms with van der Waals surface area (Å²) in [7, 11) is 2.50. The Morgan fingerprint density at radius 3 is 1.35 bits per heavy atom. The molecule has 0 radical (unpaired) electrons. The van der Waals surface area contributed by atoms with Gasteiger partial charge in [0.25, 0.3) is 0 Å². The molecule has 2 aliphatic heterocycles. The first-order chi connectivity index (χ1) is 19.2. The molecule has 12 nitrogen and oxygen atoms in total. The van der Waals surface area contributed by atoms with Gasteiger partial charge >= 0.3 is 24.1 Å². The number of methoxy groups -OCH3 is 2. The summed E-state index contributed by atoms with van der Waals surface area (Å²) in [6, 6.07) is 16.9. The highest BCUT2D eigenvalue weighted by Crippen LogP contribution is 2.21. The lowest BCUT2D eigenvalue weighted by molar-refractivity contribution is -0.146. The van der Waals surface area contributed by atoms with Gasteiger partial charge in [0.05, 0.1) is 39.5 Å². The lowest BCUT2D eigenvalue weighted by Crippen LogP contribution is -2.41. The number of carbonyl (C=O) groups is 4. The Morgan fingerprint density at radius 2 is 1.02 bits per heavy atom. The molecule has 40 heavy (non-hydrogen) atoms. The first-order valence-corrected chi connectivity index (χ1v) is 12.7.